The van der Waals surface area contributed by atoms with Crippen molar-refractivity contribution >= 4 is 17.4 Å². The van der Waals surface area contributed by atoms with Crippen LogP contribution in [0.1, 0.15) is 0 Å². The minimum Gasteiger partial charge on any atom is -0.493 e. The number of rotatable bonds is 4. The molecule has 2 rings (SSSR count). The van der Waals surface area contributed by atoms with E-state index in [1.54, 1.807) is 19.2 Å². The first-order valence-corrected chi connectivity index (χ1v) is 6.64. The van der Waals surface area contributed by atoms with Gasteiger partial charge in [-0.3, -0.25) is 19.4 Å². The highest BCUT2D eigenvalue weighted by molar-refractivity contribution is 7.99. The molecule has 0 amide bonds. The van der Waals surface area contributed by atoms with E-state index in [0.717, 1.165) is 11.8 Å². The number of aryl methyl sites for hydroxylation is 1. The molecule has 8 nitrogen and oxygen atoms in total. The Labute approximate surface area is 123 Å². The Balaban J connectivity index is 2.47. The first-order chi connectivity index (χ1) is 9.96. The fraction of sp³-hybridized carbons (Fsp3) is 0.250. The van der Waals surface area contributed by atoms with Crippen molar-refractivity contribution in [1.82, 2.24) is 14.8 Å². The topological polar surface area (TPSA) is 112 Å². The van der Waals surface area contributed by atoms with E-state index in [-0.39, 0.29) is 0 Å². The molecule has 9 heteroatoms. The van der Waals surface area contributed by atoms with Gasteiger partial charge in [0.1, 0.15) is 0 Å². The van der Waals surface area contributed by atoms with Gasteiger partial charge in [0.05, 0.1) is 14.2 Å². The number of methoxy groups -OCH3 is 2. The van der Waals surface area contributed by atoms with Gasteiger partial charge in [-0.2, -0.15) is 4.98 Å². The number of aromatic nitrogens is 3. The number of nitrogen functional groups attached to an aromatic ring is 1. The molecule has 1 aromatic heterocycles. The zero-order valence-corrected chi connectivity index (χ0v) is 12.5. The van der Waals surface area contributed by atoms with Crippen molar-refractivity contribution < 1.29 is 9.47 Å². The fourth-order valence-corrected chi connectivity index (χ4v) is 2.47. The lowest BCUT2D eigenvalue weighted by atomic mass is 10.3. The van der Waals surface area contributed by atoms with Crippen molar-refractivity contribution in [2.24, 2.45) is 7.05 Å². The molecule has 0 atom stereocenters. The Kier molecular flexibility index (Phi) is 4.22. The van der Waals surface area contributed by atoms with Gasteiger partial charge in [0.2, 0.25) is 0 Å². The lowest BCUT2D eigenvalue weighted by molar-refractivity contribution is 0.354. The summed E-state index contributed by atoms with van der Waals surface area (Å²) in [6.07, 6.45) is 0. The second-order valence-corrected chi connectivity index (χ2v) is 5.06. The second kappa shape index (κ2) is 5.92. The zero-order valence-electron chi connectivity index (χ0n) is 11.7. The van der Waals surface area contributed by atoms with Gasteiger partial charge in [-0.25, -0.2) is 0 Å². The summed E-state index contributed by atoms with van der Waals surface area (Å²) in [6, 6.07) is 3.29. The van der Waals surface area contributed by atoms with Crippen LogP contribution in [-0.2, 0) is 7.05 Å². The summed E-state index contributed by atoms with van der Waals surface area (Å²) in [6.45, 7) is 0. The summed E-state index contributed by atoms with van der Waals surface area (Å²) in [7, 11) is 4.60. The van der Waals surface area contributed by atoms with E-state index in [0.29, 0.717) is 27.2 Å². The average Bonchev–Trinajstić information content (AvgIpc) is 2.46. The van der Waals surface area contributed by atoms with E-state index in [4.69, 9.17) is 15.2 Å². The summed E-state index contributed by atoms with van der Waals surface area (Å²) >= 11 is 1.13. The molecule has 0 spiro atoms. The summed E-state index contributed by atoms with van der Waals surface area (Å²) in [4.78, 5) is 26.8. The first-order valence-electron chi connectivity index (χ1n) is 5.83. The van der Waals surface area contributed by atoms with Crippen molar-refractivity contribution in [1.29, 1.82) is 0 Å². The van der Waals surface area contributed by atoms with Crippen LogP contribution in [0, 0.1) is 0 Å². The smallest absolute Gasteiger partial charge is 0.339 e. The molecular weight excluding hydrogens is 296 g/mol. The molecule has 21 heavy (non-hydrogen) atoms. The number of nitrogens with two attached hydrogens (primary N) is 1. The highest BCUT2D eigenvalue weighted by atomic mass is 32.2. The van der Waals surface area contributed by atoms with Gasteiger partial charge in [0.15, 0.2) is 16.7 Å². The molecule has 0 saturated heterocycles. The Morgan fingerprint density at radius 1 is 1.24 bits per heavy atom. The normalized spacial score (nSPS) is 10.4. The quantitative estimate of drug-likeness (QED) is 0.613. The summed E-state index contributed by atoms with van der Waals surface area (Å²) in [5.41, 5.74) is 4.76. The third-order valence-corrected chi connectivity index (χ3v) is 3.79. The second-order valence-electron chi connectivity index (χ2n) is 4.05. The van der Waals surface area contributed by atoms with Crippen molar-refractivity contribution in [3.8, 4) is 11.5 Å². The Morgan fingerprint density at radius 3 is 2.48 bits per heavy atom. The maximum absolute atomic E-state index is 11.3. The Bertz CT molecular complexity index is 784. The van der Waals surface area contributed by atoms with Gasteiger partial charge in [-0.15, -0.1) is 0 Å². The SMILES string of the molecule is COc1cc(N)c(Sc2nc(=O)c(=O)[nH]n2C)cc1OC. The molecule has 0 unspecified atom stereocenters. The van der Waals surface area contributed by atoms with Crippen LogP contribution >= 0.6 is 11.8 Å². The van der Waals surface area contributed by atoms with Crippen LogP contribution in [0.4, 0.5) is 5.69 Å². The van der Waals surface area contributed by atoms with E-state index >= 15 is 0 Å². The van der Waals surface area contributed by atoms with Crippen molar-refractivity contribution in [3.63, 3.8) is 0 Å². The molecule has 0 saturated carbocycles. The highest BCUT2D eigenvalue weighted by Gasteiger charge is 2.13. The molecule has 0 aliphatic heterocycles. The highest BCUT2D eigenvalue weighted by Crippen LogP contribution is 2.38. The molecule has 2 aromatic rings. The van der Waals surface area contributed by atoms with Crippen molar-refractivity contribution in [2.45, 2.75) is 10.1 Å². The average molecular weight is 310 g/mol. The van der Waals surface area contributed by atoms with Crippen LogP contribution in [0.2, 0.25) is 0 Å². The molecule has 1 aromatic carbocycles. The summed E-state index contributed by atoms with van der Waals surface area (Å²) < 4.78 is 11.7. The summed E-state index contributed by atoms with van der Waals surface area (Å²) in [5.74, 6) is 1.01. The van der Waals surface area contributed by atoms with Gasteiger partial charge >= 0.3 is 11.1 Å². The van der Waals surface area contributed by atoms with E-state index in [9.17, 15) is 9.59 Å². The van der Waals surface area contributed by atoms with Gasteiger partial charge in [-0.05, 0) is 11.8 Å². The number of anilines is 1. The van der Waals surface area contributed by atoms with E-state index in [2.05, 4.69) is 10.1 Å². The van der Waals surface area contributed by atoms with Gasteiger partial charge < -0.3 is 15.2 Å². The van der Waals surface area contributed by atoms with E-state index < -0.39 is 11.1 Å². The standard InChI is InChI=1S/C12H14N4O4S/c1-16-12(14-10(17)11(18)15-16)21-9-5-8(20-3)7(19-2)4-6(9)13/h4-5H,13H2,1-3H3,(H,15,18). The number of aromatic amines is 1. The summed E-state index contributed by atoms with van der Waals surface area (Å²) in [5, 5.41) is 2.67. The van der Waals surface area contributed by atoms with Crippen molar-refractivity contribution in [3.05, 3.63) is 32.8 Å². The van der Waals surface area contributed by atoms with Crippen LogP contribution in [0.5, 0.6) is 11.5 Å². The number of hydrogen-bond donors (Lipinski definition) is 2. The van der Waals surface area contributed by atoms with Gasteiger partial charge in [-0.1, -0.05) is 0 Å². The van der Waals surface area contributed by atoms with Crippen molar-refractivity contribution in [2.75, 3.05) is 20.0 Å². The van der Waals surface area contributed by atoms with Crippen LogP contribution in [0.3, 0.4) is 0 Å². The molecule has 3 N–H and O–H groups in total. The molecule has 0 radical (unpaired) electrons. The third-order valence-electron chi connectivity index (χ3n) is 2.66. The zero-order chi connectivity index (χ0) is 15.6. The minimum atomic E-state index is -0.852. The molecular formula is C12H14N4O4S. The Morgan fingerprint density at radius 2 is 1.86 bits per heavy atom. The molecule has 0 aliphatic carbocycles. The fourth-order valence-electron chi connectivity index (χ4n) is 1.61. The number of nitrogens with zero attached hydrogens (tertiary/aromatic N) is 2. The first kappa shape index (κ1) is 15.0. The van der Waals surface area contributed by atoms with E-state index in [1.807, 2.05) is 0 Å². The van der Waals surface area contributed by atoms with Crippen LogP contribution in [-0.4, -0.2) is 29.0 Å². The van der Waals surface area contributed by atoms with Crippen LogP contribution in [0.25, 0.3) is 0 Å². The van der Waals surface area contributed by atoms with Gasteiger partial charge in [0, 0.05) is 29.8 Å². The molecule has 112 valence electrons. The van der Waals surface area contributed by atoms with E-state index in [1.165, 1.54) is 18.9 Å². The molecule has 1 heterocycles. The maximum atomic E-state index is 11.3. The number of nitrogens with one attached hydrogen (secondary N) is 1. The minimum absolute atomic E-state index is 0.304. The van der Waals surface area contributed by atoms with Crippen LogP contribution in [0.15, 0.2) is 31.8 Å². The lowest BCUT2D eigenvalue weighted by Gasteiger charge is -2.12. The third kappa shape index (κ3) is 3.02. The number of ether oxygens (including phenoxy) is 2. The lowest BCUT2D eigenvalue weighted by Crippen LogP contribution is -2.33. The number of hydrogen-bond acceptors (Lipinski definition) is 7. The Hall–Kier alpha value is -2.42. The monoisotopic (exact) mass is 310 g/mol. The number of H-pyrrole nitrogens is 1. The predicted octanol–water partition coefficient (Wildman–Crippen LogP) is 0.219. The molecule has 0 bridgehead atoms. The maximum Gasteiger partial charge on any atom is 0.339 e. The molecule has 0 aliphatic rings. The molecule has 0 fully saturated rings. The van der Waals surface area contributed by atoms with Gasteiger partial charge in [0.25, 0.3) is 0 Å². The van der Waals surface area contributed by atoms with Crippen LogP contribution < -0.4 is 26.3 Å². The number of benzene rings is 1. The largest absolute Gasteiger partial charge is 0.493 e. The predicted molar refractivity (Wildman–Crippen MR) is 78.2 cm³/mol.